The molecule has 0 aromatic carbocycles. The molecule has 2 heteroatoms. The number of hydrogen-bond acceptors (Lipinski definition) is 2. The van der Waals surface area contributed by atoms with Crippen molar-refractivity contribution in [3.8, 4) is 0 Å². The highest BCUT2D eigenvalue weighted by atomic mass is 16.5. The van der Waals surface area contributed by atoms with Crippen LogP contribution in [-0.4, -0.2) is 31.7 Å². The number of methoxy groups -OCH3 is 1. The van der Waals surface area contributed by atoms with Gasteiger partial charge in [-0.1, -0.05) is 12.2 Å². The summed E-state index contributed by atoms with van der Waals surface area (Å²) in [6.45, 7) is 0.845. The Hall–Kier alpha value is -0.760. The van der Waals surface area contributed by atoms with Gasteiger partial charge >= 0.3 is 0 Å². The van der Waals surface area contributed by atoms with Crippen molar-refractivity contribution in [3.63, 3.8) is 0 Å². The molecule has 0 saturated carbocycles. The summed E-state index contributed by atoms with van der Waals surface area (Å²) in [4.78, 5) is 2.39. The van der Waals surface area contributed by atoms with Gasteiger partial charge in [0.25, 0.3) is 0 Å². The van der Waals surface area contributed by atoms with Gasteiger partial charge in [-0.3, -0.25) is 0 Å². The van der Waals surface area contributed by atoms with E-state index in [-0.39, 0.29) is 0 Å². The van der Waals surface area contributed by atoms with Gasteiger partial charge in [0.2, 0.25) is 0 Å². The minimum atomic E-state index is 0.567. The molecular weight excluding hydrogens is 162 g/mol. The predicted molar refractivity (Wildman–Crippen MR) is 53.4 cm³/mol. The van der Waals surface area contributed by atoms with Crippen LogP contribution < -0.4 is 0 Å². The lowest BCUT2D eigenvalue weighted by atomic mass is 10.0. The molecule has 1 atom stereocenters. The van der Waals surface area contributed by atoms with Crippen LogP contribution in [0.5, 0.6) is 0 Å². The average molecular weight is 179 g/mol. The molecule has 1 heterocycles. The molecule has 0 saturated heterocycles. The Morgan fingerprint density at radius 1 is 1.62 bits per heavy atom. The standard InChI is InChI=1S/C11H17NO/c1-12-10(8-13-2)7-9-5-3-4-6-11(9)12/h3,5,10H,4,6-8H2,1-2H3. The lowest BCUT2D eigenvalue weighted by molar-refractivity contribution is 0.132. The third-order valence-corrected chi connectivity index (χ3v) is 3.03. The molecule has 0 fully saturated rings. The fourth-order valence-corrected chi connectivity index (χ4v) is 2.27. The molecule has 13 heavy (non-hydrogen) atoms. The van der Waals surface area contributed by atoms with E-state index in [9.17, 15) is 0 Å². The molecule has 0 aromatic heterocycles. The Morgan fingerprint density at radius 3 is 3.15 bits per heavy atom. The normalized spacial score (nSPS) is 26.9. The predicted octanol–water partition coefficient (Wildman–Crippen LogP) is 1.94. The summed E-state index contributed by atoms with van der Waals surface area (Å²) in [6, 6.07) is 0.567. The van der Waals surface area contributed by atoms with Crippen molar-refractivity contribution in [1.29, 1.82) is 0 Å². The van der Waals surface area contributed by atoms with Crippen molar-refractivity contribution < 1.29 is 4.74 Å². The number of likely N-dealkylation sites (N-methyl/N-ethyl adjacent to an activating group) is 1. The van der Waals surface area contributed by atoms with E-state index in [0.29, 0.717) is 6.04 Å². The molecule has 72 valence electrons. The molecule has 0 N–H and O–H groups in total. The van der Waals surface area contributed by atoms with Crippen LogP contribution in [0.3, 0.4) is 0 Å². The van der Waals surface area contributed by atoms with Gasteiger partial charge in [-0.2, -0.15) is 0 Å². The average Bonchev–Trinajstić information content (AvgIpc) is 2.46. The zero-order valence-corrected chi connectivity index (χ0v) is 8.42. The highest BCUT2D eigenvalue weighted by Gasteiger charge is 2.28. The molecule has 0 aromatic rings. The first kappa shape index (κ1) is 8.82. The second-order valence-electron chi connectivity index (χ2n) is 3.84. The van der Waals surface area contributed by atoms with Gasteiger partial charge in [0.15, 0.2) is 0 Å². The Bertz CT molecular complexity index is 255. The maximum Gasteiger partial charge on any atom is 0.0669 e. The Kier molecular flexibility index (Phi) is 2.40. The molecule has 1 aliphatic carbocycles. The van der Waals surface area contributed by atoms with E-state index in [2.05, 4.69) is 24.1 Å². The van der Waals surface area contributed by atoms with Crippen molar-refractivity contribution in [2.45, 2.75) is 25.3 Å². The smallest absolute Gasteiger partial charge is 0.0669 e. The van der Waals surface area contributed by atoms with Crippen LogP contribution in [0.15, 0.2) is 23.4 Å². The van der Waals surface area contributed by atoms with Gasteiger partial charge in [0, 0.05) is 19.9 Å². The van der Waals surface area contributed by atoms with Crippen LogP contribution in [0.25, 0.3) is 0 Å². The Labute approximate surface area is 79.9 Å². The van der Waals surface area contributed by atoms with Crippen LogP contribution in [0.4, 0.5) is 0 Å². The summed E-state index contributed by atoms with van der Waals surface area (Å²) in [5.41, 5.74) is 3.06. The van der Waals surface area contributed by atoms with E-state index in [1.807, 2.05) is 0 Å². The Morgan fingerprint density at radius 2 is 2.46 bits per heavy atom. The first-order valence-electron chi connectivity index (χ1n) is 4.93. The quantitative estimate of drug-likeness (QED) is 0.642. The molecule has 1 unspecified atom stereocenters. The van der Waals surface area contributed by atoms with Crippen LogP contribution in [0, 0.1) is 0 Å². The Balaban J connectivity index is 2.10. The molecule has 2 rings (SSSR count). The van der Waals surface area contributed by atoms with E-state index in [4.69, 9.17) is 4.74 Å². The number of hydrogen-bond donors (Lipinski definition) is 0. The van der Waals surface area contributed by atoms with Gasteiger partial charge in [-0.05, 0) is 24.8 Å². The van der Waals surface area contributed by atoms with Crippen molar-refractivity contribution in [2.24, 2.45) is 0 Å². The fraction of sp³-hybridized carbons (Fsp3) is 0.636. The van der Waals surface area contributed by atoms with Crippen LogP contribution in [0.2, 0.25) is 0 Å². The number of rotatable bonds is 2. The van der Waals surface area contributed by atoms with Crippen LogP contribution in [-0.2, 0) is 4.74 Å². The van der Waals surface area contributed by atoms with Gasteiger partial charge < -0.3 is 9.64 Å². The van der Waals surface area contributed by atoms with Crippen LogP contribution in [0.1, 0.15) is 19.3 Å². The van der Waals surface area contributed by atoms with Crippen molar-refractivity contribution in [3.05, 3.63) is 23.4 Å². The third-order valence-electron chi connectivity index (χ3n) is 3.03. The van der Waals surface area contributed by atoms with Gasteiger partial charge in [-0.25, -0.2) is 0 Å². The zero-order chi connectivity index (χ0) is 9.26. The van der Waals surface area contributed by atoms with Crippen molar-refractivity contribution >= 4 is 0 Å². The van der Waals surface area contributed by atoms with Gasteiger partial charge in [0.05, 0.1) is 12.6 Å². The highest BCUT2D eigenvalue weighted by Crippen LogP contribution is 2.33. The van der Waals surface area contributed by atoms with E-state index in [1.165, 1.54) is 24.1 Å². The van der Waals surface area contributed by atoms with Gasteiger partial charge in [0.1, 0.15) is 0 Å². The number of allylic oxidation sites excluding steroid dienone is 3. The summed E-state index contributed by atoms with van der Waals surface area (Å²) < 4.78 is 5.21. The second-order valence-corrected chi connectivity index (χ2v) is 3.84. The molecule has 0 bridgehead atoms. The first-order chi connectivity index (χ1) is 6.33. The zero-order valence-electron chi connectivity index (χ0n) is 8.42. The third kappa shape index (κ3) is 1.51. The van der Waals surface area contributed by atoms with Crippen molar-refractivity contribution in [1.82, 2.24) is 4.90 Å². The number of ether oxygens (including phenoxy) is 1. The second kappa shape index (κ2) is 3.54. The first-order valence-corrected chi connectivity index (χ1v) is 4.93. The molecule has 2 nitrogen and oxygen atoms in total. The minimum Gasteiger partial charge on any atom is -0.383 e. The van der Waals surface area contributed by atoms with Gasteiger partial charge in [-0.15, -0.1) is 0 Å². The summed E-state index contributed by atoms with van der Waals surface area (Å²) in [7, 11) is 3.96. The molecule has 1 aliphatic heterocycles. The van der Waals surface area contributed by atoms with Crippen molar-refractivity contribution in [2.75, 3.05) is 20.8 Å². The molecular formula is C11H17NO. The number of nitrogens with zero attached hydrogens (tertiary/aromatic N) is 1. The maximum atomic E-state index is 5.21. The summed E-state index contributed by atoms with van der Waals surface area (Å²) in [5, 5.41) is 0. The van der Waals surface area contributed by atoms with E-state index >= 15 is 0 Å². The SMILES string of the molecule is COCC1CC2=C(CCC=C2)N1C. The summed E-state index contributed by atoms with van der Waals surface area (Å²) in [5.74, 6) is 0. The van der Waals surface area contributed by atoms with Crippen LogP contribution >= 0.6 is 0 Å². The topological polar surface area (TPSA) is 12.5 Å². The molecule has 2 aliphatic rings. The monoisotopic (exact) mass is 179 g/mol. The van der Waals surface area contributed by atoms with E-state index in [0.717, 1.165) is 13.0 Å². The fourth-order valence-electron chi connectivity index (χ4n) is 2.27. The lowest BCUT2D eigenvalue weighted by Crippen LogP contribution is -2.29. The van der Waals surface area contributed by atoms with E-state index in [1.54, 1.807) is 7.11 Å². The highest BCUT2D eigenvalue weighted by molar-refractivity contribution is 5.33. The molecule has 0 spiro atoms. The molecule has 0 radical (unpaired) electrons. The summed E-state index contributed by atoms with van der Waals surface area (Å²) >= 11 is 0. The van der Waals surface area contributed by atoms with E-state index < -0.39 is 0 Å². The summed E-state index contributed by atoms with van der Waals surface area (Å²) in [6.07, 6.45) is 8.13. The molecule has 0 amide bonds. The largest absolute Gasteiger partial charge is 0.383 e. The lowest BCUT2D eigenvalue weighted by Gasteiger charge is -2.24. The minimum absolute atomic E-state index is 0.567. The maximum absolute atomic E-state index is 5.21.